The zero-order valence-electron chi connectivity index (χ0n) is 18.3. The van der Waals surface area contributed by atoms with E-state index in [1.54, 1.807) is 32.1 Å². The molecule has 0 aliphatic carbocycles. The quantitative estimate of drug-likeness (QED) is 0.666. The molecule has 0 radical (unpaired) electrons. The highest BCUT2D eigenvalue weighted by Gasteiger charge is 2.62. The van der Waals surface area contributed by atoms with Gasteiger partial charge in [0.1, 0.15) is 29.7 Å². The largest absolute Gasteiger partial charge is 0.382 e. The van der Waals surface area contributed by atoms with Crippen molar-refractivity contribution in [1.29, 1.82) is 0 Å². The minimum absolute atomic E-state index is 0.0450. The Kier molecular flexibility index (Phi) is 4.42. The molecule has 1 aromatic heterocycles. The van der Waals surface area contributed by atoms with Crippen LogP contribution in [-0.2, 0) is 10.3 Å². The second kappa shape index (κ2) is 7.08. The molecule has 0 saturated carbocycles. The molecule has 3 atom stereocenters. The van der Waals surface area contributed by atoms with Crippen molar-refractivity contribution >= 4 is 17.5 Å². The van der Waals surface area contributed by atoms with Crippen molar-refractivity contribution in [3.05, 3.63) is 71.5 Å². The van der Waals surface area contributed by atoms with Gasteiger partial charge in [0.15, 0.2) is 11.5 Å². The normalized spacial score (nSPS) is 26.4. The maximum atomic E-state index is 15.1. The first-order valence-corrected chi connectivity index (χ1v) is 10.8. The van der Waals surface area contributed by atoms with Gasteiger partial charge in [0.2, 0.25) is 12.0 Å². The number of benzene rings is 1. The number of allylic oxidation sites excluding steroid dienone is 2. The van der Waals surface area contributed by atoms with E-state index in [-0.39, 0.29) is 21.9 Å². The first-order chi connectivity index (χ1) is 16.2. The zero-order chi connectivity index (χ0) is 23.8. The van der Waals surface area contributed by atoms with Crippen molar-refractivity contribution in [2.75, 3.05) is 11.9 Å². The van der Waals surface area contributed by atoms with Gasteiger partial charge in [0.05, 0.1) is 0 Å². The number of anilines is 1. The van der Waals surface area contributed by atoms with Crippen LogP contribution in [0, 0.1) is 5.82 Å². The van der Waals surface area contributed by atoms with Crippen molar-refractivity contribution in [3.63, 3.8) is 0 Å². The van der Waals surface area contributed by atoms with Gasteiger partial charge in [-0.15, -0.1) is 0 Å². The lowest BCUT2D eigenvalue weighted by atomic mass is 10.0. The Morgan fingerprint density at radius 3 is 2.71 bits per heavy atom. The van der Waals surface area contributed by atoms with Crippen LogP contribution in [0.4, 0.5) is 18.9 Å². The first-order valence-electron chi connectivity index (χ1n) is 10.8. The molecule has 174 valence electrons. The Morgan fingerprint density at radius 2 is 2.00 bits per heavy atom. The molecule has 0 amide bonds. The van der Waals surface area contributed by atoms with Crippen LogP contribution in [0.5, 0.6) is 0 Å². The van der Waals surface area contributed by atoms with Gasteiger partial charge < -0.3 is 10.4 Å². The van der Waals surface area contributed by atoms with Crippen molar-refractivity contribution in [2.45, 2.75) is 38.3 Å². The van der Waals surface area contributed by atoms with E-state index in [4.69, 9.17) is 9.73 Å². The number of aliphatic imine (C=N–C) groups is 1. The molecule has 1 spiro atoms. The summed E-state index contributed by atoms with van der Waals surface area (Å²) in [6, 6.07) is 2.83. The van der Waals surface area contributed by atoms with Crippen LogP contribution in [0.2, 0.25) is 0 Å². The molecule has 34 heavy (non-hydrogen) atoms. The molecule has 2 aromatic rings. The summed E-state index contributed by atoms with van der Waals surface area (Å²) < 4.78 is 46.6. The van der Waals surface area contributed by atoms with Crippen LogP contribution in [0.3, 0.4) is 0 Å². The van der Waals surface area contributed by atoms with Gasteiger partial charge in [0.25, 0.3) is 0 Å². The summed E-state index contributed by atoms with van der Waals surface area (Å²) in [4.78, 5) is 13.0. The van der Waals surface area contributed by atoms with Gasteiger partial charge in [-0.1, -0.05) is 0 Å². The maximum absolute atomic E-state index is 15.1. The topological polar surface area (TPSA) is 79.6 Å². The molecule has 7 nitrogen and oxygen atoms in total. The van der Waals surface area contributed by atoms with Crippen molar-refractivity contribution in [2.24, 2.45) is 4.99 Å². The summed E-state index contributed by atoms with van der Waals surface area (Å²) in [6.45, 7) is 0.649. The van der Waals surface area contributed by atoms with E-state index in [0.717, 1.165) is 11.4 Å². The Morgan fingerprint density at radius 1 is 1.24 bits per heavy atom. The molecule has 4 bridgehead atoms. The minimum atomic E-state index is -2.93. The molecule has 1 fully saturated rings. The third kappa shape index (κ3) is 2.99. The number of ether oxygens (including phenoxy) is 1. The number of hydrogen-bond acceptors (Lipinski definition) is 6. The molecular weight excluding hydrogens is 447 g/mol. The highest BCUT2D eigenvalue weighted by Crippen LogP contribution is 2.50. The molecule has 1 unspecified atom stereocenters. The number of alkyl halides is 2. The molecule has 5 heterocycles. The smallest absolute Gasteiger partial charge is 0.349 e. The molecule has 4 aliphatic heterocycles. The summed E-state index contributed by atoms with van der Waals surface area (Å²) >= 11 is 0. The van der Waals surface area contributed by atoms with E-state index in [0.29, 0.717) is 29.2 Å². The lowest BCUT2D eigenvalue weighted by Gasteiger charge is -2.39. The van der Waals surface area contributed by atoms with Crippen LogP contribution in [0.25, 0.3) is 17.2 Å². The van der Waals surface area contributed by atoms with Gasteiger partial charge in [0, 0.05) is 53.0 Å². The van der Waals surface area contributed by atoms with E-state index >= 15 is 4.39 Å². The number of hydrogen-bond donors (Lipinski definition) is 2. The zero-order valence-corrected chi connectivity index (χ0v) is 18.3. The fraction of sp³-hybridized carbons (Fsp3) is 0.292. The van der Waals surface area contributed by atoms with Gasteiger partial charge in [-0.3, -0.25) is 4.74 Å². The number of aromatic nitrogens is 2. The number of halogens is 3. The Hall–Kier alpha value is -3.34. The van der Waals surface area contributed by atoms with Gasteiger partial charge >= 0.3 is 6.61 Å². The molecule has 6 rings (SSSR count). The van der Waals surface area contributed by atoms with E-state index in [2.05, 4.69) is 15.3 Å². The Bertz CT molecular complexity index is 1330. The fourth-order valence-corrected chi connectivity index (χ4v) is 5.08. The highest BCUT2D eigenvalue weighted by molar-refractivity contribution is 6.12. The van der Waals surface area contributed by atoms with Gasteiger partial charge in [-0.2, -0.15) is 13.8 Å². The van der Waals surface area contributed by atoms with Gasteiger partial charge in [-0.25, -0.2) is 18.8 Å². The van der Waals surface area contributed by atoms with Crippen LogP contribution >= 0.6 is 0 Å². The van der Waals surface area contributed by atoms with Crippen molar-refractivity contribution in [1.82, 2.24) is 9.97 Å². The van der Waals surface area contributed by atoms with Crippen LogP contribution in [0.1, 0.15) is 25.2 Å². The van der Waals surface area contributed by atoms with Crippen LogP contribution < -0.4 is 5.32 Å². The average molecular weight is 468 g/mol. The summed E-state index contributed by atoms with van der Waals surface area (Å²) in [5.41, 5.74) is 2.30. The van der Waals surface area contributed by atoms with E-state index < -0.39 is 24.3 Å². The molecular formula is C24H21F3N5O2+. The maximum Gasteiger partial charge on any atom is 0.349 e. The van der Waals surface area contributed by atoms with E-state index in [1.807, 2.05) is 12.2 Å². The number of nitrogens with zero attached hydrogens (tertiary/aromatic N) is 4. The number of rotatable bonds is 4. The molecule has 4 aliphatic rings. The molecule has 10 heteroatoms. The summed E-state index contributed by atoms with van der Waals surface area (Å²) in [5, 5.41) is 13.4. The van der Waals surface area contributed by atoms with E-state index in [9.17, 15) is 13.9 Å². The monoisotopic (exact) mass is 468 g/mol. The average Bonchev–Trinajstić information content (AvgIpc) is 3.17. The minimum Gasteiger partial charge on any atom is -0.382 e. The molecule has 2 N–H and O–H groups in total. The third-order valence-electron chi connectivity index (χ3n) is 6.61. The standard InChI is InChI=1S/C24H21F3N5O2/c1-24(2,33)22-28-9-13(10-29-22)14-6-12-7-18-21-17(30-16(12)8-15(14)25)11-32(18)19(31-21)4-3-5-20(32)34-23(26)27/h3-10,17,20,23,30,33H,11H2,1-2H3/q+1/t17-,20?,32-/m1/s1. The van der Waals surface area contributed by atoms with Crippen molar-refractivity contribution in [3.8, 4) is 11.1 Å². The molecule has 1 saturated heterocycles. The SMILES string of the molecule is CC(C)(O)c1ncc(-c2cc3c(cc2F)N[C@@H]2C[N@@+]45C(=CC=CC4OC(F)F)N=C2C5=C3)cn1. The highest BCUT2D eigenvalue weighted by atomic mass is 19.3. The fourth-order valence-electron chi connectivity index (χ4n) is 5.08. The van der Waals surface area contributed by atoms with Crippen LogP contribution in [-0.4, -0.2) is 50.7 Å². The number of fused-ring (bicyclic) bond motifs is 1. The Balaban J connectivity index is 1.45. The number of nitrogens with one attached hydrogen (secondary N) is 1. The lowest BCUT2D eigenvalue weighted by molar-refractivity contribution is -0.887. The summed E-state index contributed by atoms with van der Waals surface area (Å²) in [7, 11) is 0. The molecule has 1 aromatic carbocycles. The number of quaternary nitrogens is 1. The van der Waals surface area contributed by atoms with Gasteiger partial charge in [-0.05, 0) is 32.1 Å². The number of aliphatic hydroxyl groups is 1. The second-order valence-electron chi connectivity index (χ2n) is 9.25. The van der Waals surface area contributed by atoms with Crippen LogP contribution in [0.15, 0.2) is 59.3 Å². The lowest BCUT2D eigenvalue weighted by Crippen LogP contribution is -2.54. The predicted octanol–water partition coefficient (Wildman–Crippen LogP) is 3.91. The third-order valence-corrected chi connectivity index (χ3v) is 6.61. The predicted molar refractivity (Wildman–Crippen MR) is 119 cm³/mol. The van der Waals surface area contributed by atoms with Crippen molar-refractivity contribution < 1.29 is 27.5 Å². The second-order valence-corrected chi connectivity index (χ2v) is 9.25. The first kappa shape index (κ1) is 21.2. The summed E-state index contributed by atoms with van der Waals surface area (Å²) in [5.74, 6) is 0.420. The van der Waals surface area contributed by atoms with E-state index in [1.165, 1.54) is 18.5 Å². The Labute approximate surface area is 193 Å². The summed E-state index contributed by atoms with van der Waals surface area (Å²) in [6.07, 6.45) is 9.00.